The maximum absolute atomic E-state index is 5.50. The maximum atomic E-state index is 5.50. The Morgan fingerprint density at radius 1 is 1.32 bits per heavy atom. The molecule has 4 nitrogen and oxygen atoms in total. The molecule has 98 valence electrons. The molecule has 1 unspecified atom stereocenters. The van der Waals surface area contributed by atoms with Crippen LogP contribution in [0.1, 0.15) is 48.6 Å². The molecule has 1 fully saturated rings. The van der Waals surface area contributed by atoms with Gasteiger partial charge in [-0.3, -0.25) is 0 Å². The second kappa shape index (κ2) is 3.90. The fourth-order valence-corrected chi connectivity index (χ4v) is 2.73. The van der Waals surface area contributed by atoms with E-state index >= 15 is 0 Å². The van der Waals surface area contributed by atoms with Crippen molar-refractivity contribution in [3.05, 3.63) is 47.1 Å². The molecule has 1 aromatic carbocycles. The van der Waals surface area contributed by atoms with E-state index in [1.807, 2.05) is 0 Å². The Morgan fingerprint density at radius 2 is 2.16 bits per heavy atom. The van der Waals surface area contributed by atoms with Gasteiger partial charge < -0.3 is 9.84 Å². The van der Waals surface area contributed by atoms with Crippen molar-refractivity contribution in [1.82, 2.24) is 15.5 Å². The highest BCUT2D eigenvalue weighted by atomic mass is 16.5. The maximum Gasteiger partial charge on any atom is 0.248 e. The Morgan fingerprint density at radius 3 is 3.00 bits per heavy atom. The van der Waals surface area contributed by atoms with Crippen molar-refractivity contribution in [3.63, 3.8) is 0 Å². The van der Waals surface area contributed by atoms with Crippen LogP contribution in [0.15, 0.2) is 28.8 Å². The van der Waals surface area contributed by atoms with E-state index in [1.165, 1.54) is 24.0 Å². The lowest BCUT2D eigenvalue weighted by Gasteiger charge is -2.23. The molecule has 0 radical (unpaired) electrons. The largest absolute Gasteiger partial charge is 0.337 e. The zero-order valence-corrected chi connectivity index (χ0v) is 11.0. The average Bonchev–Trinajstić information content (AvgIpc) is 3.02. The van der Waals surface area contributed by atoms with Gasteiger partial charge in [-0.15, -0.1) is 0 Å². The molecule has 1 aliphatic carbocycles. The van der Waals surface area contributed by atoms with Gasteiger partial charge in [0, 0.05) is 12.0 Å². The van der Waals surface area contributed by atoms with Crippen LogP contribution in [-0.4, -0.2) is 16.7 Å². The second-order valence-electron chi connectivity index (χ2n) is 5.85. The molecule has 19 heavy (non-hydrogen) atoms. The quantitative estimate of drug-likeness (QED) is 0.895. The van der Waals surface area contributed by atoms with Crippen LogP contribution in [0.25, 0.3) is 0 Å². The van der Waals surface area contributed by atoms with Crippen LogP contribution in [0.5, 0.6) is 0 Å². The predicted molar refractivity (Wildman–Crippen MR) is 70.9 cm³/mol. The molecule has 0 bridgehead atoms. The highest BCUT2D eigenvalue weighted by Gasteiger charge is 2.44. The molecular weight excluding hydrogens is 238 g/mol. The van der Waals surface area contributed by atoms with Crippen LogP contribution in [0.3, 0.4) is 0 Å². The summed E-state index contributed by atoms with van der Waals surface area (Å²) in [6.45, 7) is 3.15. The molecule has 0 spiro atoms. The molecule has 1 saturated carbocycles. The molecule has 0 saturated heterocycles. The van der Waals surface area contributed by atoms with Crippen molar-refractivity contribution in [2.75, 3.05) is 6.54 Å². The number of nitrogens with one attached hydrogen (secondary N) is 1. The minimum absolute atomic E-state index is 0.0496. The number of rotatable bonds is 2. The number of hydrogen-bond acceptors (Lipinski definition) is 4. The Bertz CT molecular complexity index is 615. The highest BCUT2D eigenvalue weighted by Crippen LogP contribution is 2.46. The molecule has 2 aromatic rings. The lowest BCUT2D eigenvalue weighted by molar-refractivity contribution is 0.338. The fourth-order valence-electron chi connectivity index (χ4n) is 2.73. The third kappa shape index (κ3) is 1.78. The summed E-state index contributed by atoms with van der Waals surface area (Å²) in [5.41, 5.74) is 2.81. The van der Waals surface area contributed by atoms with Crippen molar-refractivity contribution >= 4 is 0 Å². The zero-order chi connectivity index (χ0) is 12.9. The molecule has 0 amide bonds. The first-order valence-electron chi connectivity index (χ1n) is 6.92. The smallest absolute Gasteiger partial charge is 0.248 e. The van der Waals surface area contributed by atoms with Crippen molar-refractivity contribution in [1.29, 1.82) is 0 Å². The lowest BCUT2D eigenvalue weighted by Crippen LogP contribution is -2.30. The van der Waals surface area contributed by atoms with Crippen molar-refractivity contribution in [2.45, 2.75) is 37.6 Å². The third-order valence-electron chi connectivity index (χ3n) is 4.34. The van der Waals surface area contributed by atoms with Crippen molar-refractivity contribution in [3.8, 4) is 0 Å². The first-order chi connectivity index (χ1) is 9.26. The van der Waals surface area contributed by atoms with Crippen molar-refractivity contribution in [2.24, 2.45) is 0 Å². The fraction of sp³-hybridized carbons (Fsp3) is 0.467. The van der Waals surface area contributed by atoms with E-state index in [0.717, 1.165) is 18.8 Å². The van der Waals surface area contributed by atoms with Gasteiger partial charge in [0.25, 0.3) is 0 Å². The monoisotopic (exact) mass is 255 g/mol. The van der Waals surface area contributed by atoms with E-state index < -0.39 is 0 Å². The van der Waals surface area contributed by atoms with Crippen LogP contribution in [-0.2, 0) is 11.8 Å². The molecule has 4 heteroatoms. The van der Waals surface area contributed by atoms with E-state index in [0.29, 0.717) is 5.89 Å². The van der Waals surface area contributed by atoms with Gasteiger partial charge in [-0.25, -0.2) is 0 Å². The standard InChI is InChI=1S/C15H17N3O/c1-15(7-8-15)14-17-13(19-18-14)12-11-5-3-2-4-10(11)6-9-16-12/h2-5,12,16H,6-9H2,1H3. The Balaban J connectivity index is 1.71. The molecule has 1 aromatic heterocycles. The summed E-state index contributed by atoms with van der Waals surface area (Å²) >= 11 is 0. The van der Waals surface area contributed by atoms with Gasteiger partial charge >= 0.3 is 0 Å². The lowest BCUT2D eigenvalue weighted by atomic mass is 9.94. The molecule has 2 heterocycles. The number of nitrogens with zero attached hydrogens (tertiary/aromatic N) is 2. The SMILES string of the molecule is CC1(c2noc(C3NCCc4ccccc43)n2)CC1. The topological polar surface area (TPSA) is 51.0 Å². The van der Waals surface area contributed by atoms with Crippen LogP contribution in [0, 0.1) is 0 Å². The number of aromatic nitrogens is 2. The van der Waals surface area contributed by atoms with E-state index in [4.69, 9.17) is 4.52 Å². The minimum Gasteiger partial charge on any atom is -0.337 e. The zero-order valence-electron chi connectivity index (χ0n) is 11.0. The first kappa shape index (κ1) is 11.2. The normalized spacial score (nSPS) is 23.9. The summed E-state index contributed by atoms with van der Waals surface area (Å²) in [5.74, 6) is 1.57. The number of benzene rings is 1. The van der Waals surface area contributed by atoms with Crippen LogP contribution >= 0.6 is 0 Å². The van der Waals surface area contributed by atoms with E-state index in [2.05, 4.69) is 46.6 Å². The van der Waals surface area contributed by atoms with Gasteiger partial charge in [0.1, 0.15) is 6.04 Å². The van der Waals surface area contributed by atoms with E-state index in [-0.39, 0.29) is 11.5 Å². The predicted octanol–water partition coefficient (Wildman–Crippen LogP) is 2.36. The van der Waals surface area contributed by atoms with E-state index in [9.17, 15) is 0 Å². The molecule has 1 aliphatic heterocycles. The summed E-state index contributed by atoms with van der Waals surface area (Å²) in [6.07, 6.45) is 3.40. The molecule has 4 rings (SSSR count). The summed E-state index contributed by atoms with van der Waals surface area (Å²) in [6, 6.07) is 8.54. The molecule has 2 aliphatic rings. The van der Waals surface area contributed by atoms with Crippen LogP contribution in [0.2, 0.25) is 0 Å². The Labute approximate surface area is 112 Å². The second-order valence-corrected chi connectivity index (χ2v) is 5.85. The first-order valence-corrected chi connectivity index (χ1v) is 6.92. The van der Waals surface area contributed by atoms with Crippen LogP contribution < -0.4 is 5.32 Å². The summed E-state index contributed by atoms with van der Waals surface area (Å²) in [5, 5.41) is 7.65. The van der Waals surface area contributed by atoms with Gasteiger partial charge in [0.15, 0.2) is 5.82 Å². The van der Waals surface area contributed by atoms with Gasteiger partial charge in [-0.1, -0.05) is 36.3 Å². The van der Waals surface area contributed by atoms with Gasteiger partial charge in [-0.2, -0.15) is 4.98 Å². The number of fused-ring (bicyclic) bond motifs is 1. The highest BCUT2D eigenvalue weighted by molar-refractivity contribution is 5.35. The van der Waals surface area contributed by atoms with Crippen molar-refractivity contribution < 1.29 is 4.52 Å². The summed E-state index contributed by atoms with van der Waals surface area (Å²) in [7, 11) is 0. The van der Waals surface area contributed by atoms with E-state index in [1.54, 1.807) is 0 Å². The molecular formula is C15H17N3O. The Kier molecular flexibility index (Phi) is 2.30. The van der Waals surface area contributed by atoms with Gasteiger partial charge in [-0.05, 0) is 30.4 Å². The summed E-state index contributed by atoms with van der Waals surface area (Å²) in [4.78, 5) is 4.63. The average molecular weight is 255 g/mol. The molecule has 1 atom stereocenters. The van der Waals surface area contributed by atoms with Gasteiger partial charge in [0.05, 0.1) is 0 Å². The Hall–Kier alpha value is -1.68. The molecule has 1 N–H and O–H groups in total. The summed E-state index contributed by atoms with van der Waals surface area (Å²) < 4.78 is 5.50. The minimum atomic E-state index is 0.0496. The number of hydrogen-bond donors (Lipinski definition) is 1. The third-order valence-corrected chi connectivity index (χ3v) is 4.34. The van der Waals surface area contributed by atoms with Gasteiger partial charge in [0.2, 0.25) is 5.89 Å². The van der Waals surface area contributed by atoms with Crippen LogP contribution in [0.4, 0.5) is 0 Å².